The van der Waals surface area contributed by atoms with Gasteiger partial charge in [-0.3, -0.25) is 4.90 Å². The van der Waals surface area contributed by atoms with Crippen LogP contribution >= 0.6 is 0 Å². The summed E-state index contributed by atoms with van der Waals surface area (Å²) in [5, 5.41) is 8.65. The first-order chi connectivity index (χ1) is 9.29. The largest absolute Gasteiger partial charge is 0.384 e. The average molecular weight is 259 g/mol. The molecule has 102 valence electrons. The molecular weight excluding hydrogens is 238 g/mol. The maximum Gasteiger partial charge on any atom is 0.104 e. The molecule has 3 nitrogen and oxygen atoms in total. The van der Waals surface area contributed by atoms with Crippen molar-refractivity contribution in [3.63, 3.8) is 0 Å². The maximum absolute atomic E-state index is 8.65. The number of nitrogens with zero attached hydrogens (tertiary/aromatic N) is 1. The van der Waals surface area contributed by atoms with E-state index in [0.717, 1.165) is 38.2 Å². The molecule has 0 unspecified atom stereocenters. The smallest absolute Gasteiger partial charge is 0.104 e. The van der Waals surface area contributed by atoms with Crippen molar-refractivity contribution in [2.45, 2.75) is 25.4 Å². The average Bonchev–Trinajstić information content (AvgIpc) is 2.47. The second-order valence-corrected chi connectivity index (χ2v) is 4.92. The Labute approximate surface area is 115 Å². The summed E-state index contributed by atoms with van der Waals surface area (Å²) in [5.41, 5.74) is 2.25. The van der Waals surface area contributed by atoms with Crippen molar-refractivity contribution in [2.75, 3.05) is 26.9 Å². The van der Waals surface area contributed by atoms with E-state index in [1.165, 1.54) is 5.56 Å². The Hall–Kier alpha value is -1.34. The molecular formula is C16H21NO2. The Kier molecular flexibility index (Phi) is 5.41. The minimum Gasteiger partial charge on any atom is -0.384 e. The summed E-state index contributed by atoms with van der Waals surface area (Å²) in [7, 11) is 2.18. The fraction of sp³-hybridized carbons (Fsp3) is 0.500. The standard InChI is InChI=1S/C16H21NO2/c1-17(16-8-11-19-12-9-16)13-15-6-4-14(5-7-15)3-2-10-18/h4-7,16,18H,8-13H2,1H3. The molecule has 1 aromatic carbocycles. The Morgan fingerprint density at radius 1 is 1.26 bits per heavy atom. The van der Waals surface area contributed by atoms with Gasteiger partial charge in [0.1, 0.15) is 6.61 Å². The fourth-order valence-corrected chi connectivity index (χ4v) is 2.38. The third-order valence-electron chi connectivity index (χ3n) is 3.51. The van der Waals surface area contributed by atoms with E-state index in [4.69, 9.17) is 9.84 Å². The van der Waals surface area contributed by atoms with Gasteiger partial charge in [0.2, 0.25) is 0 Å². The van der Waals surface area contributed by atoms with E-state index in [1.54, 1.807) is 0 Å². The molecule has 2 rings (SSSR count). The van der Waals surface area contributed by atoms with E-state index in [1.807, 2.05) is 12.1 Å². The van der Waals surface area contributed by atoms with Gasteiger partial charge < -0.3 is 9.84 Å². The zero-order valence-electron chi connectivity index (χ0n) is 11.4. The summed E-state index contributed by atoms with van der Waals surface area (Å²) in [5.74, 6) is 5.57. The molecule has 1 fully saturated rings. The van der Waals surface area contributed by atoms with Crippen molar-refractivity contribution in [1.29, 1.82) is 0 Å². The highest BCUT2D eigenvalue weighted by Crippen LogP contribution is 2.15. The van der Waals surface area contributed by atoms with E-state index < -0.39 is 0 Å². The van der Waals surface area contributed by atoms with E-state index in [0.29, 0.717) is 6.04 Å². The van der Waals surface area contributed by atoms with Crippen molar-refractivity contribution in [3.8, 4) is 11.8 Å². The molecule has 1 aromatic rings. The summed E-state index contributed by atoms with van der Waals surface area (Å²) in [4.78, 5) is 2.40. The van der Waals surface area contributed by atoms with Gasteiger partial charge in [-0.05, 0) is 37.6 Å². The van der Waals surface area contributed by atoms with Gasteiger partial charge in [0, 0.05) is 31.4 Å². The molecule has 0 aliphatic carbocycles. The van der Waals surface area contributed by atoms with Crippen molar-refractivity contribution in [1.82, 2.24) is 4.90 Å². The third-order valence-corrected chi connectivity index (χ3v) is 3.51. The topological polar surface area (TPSA) is 32.7 Å². The highest BCUT2D eigenvalue weighted by molar-refractivity contribution is 5.36. The second kappa shape index (κ2) is 7.30. The van der Waals surface area contributed by atoms with Crippen LogP contribution in [0.4, 0.5) is 0 Å². The summed E-state index contributed by atoms with van der Waals surface area (Å²) >= 11 is 0. The molecule has 1 aliphatic rings. The van der Waals surface area contributed by atoms with Gasteiger partial charge in [-0.15, -0.1) is 0 Å². The third kappa shape index (κ3) is 4.36. The first-order valence-corrected chi connectivity index (χ1v) is 6.76. The minimum atomic E-state index is -0.0890. The first-order valence-electron chi connectivity index (χ1n) is 6.76. The van der Waals surface area contributed by atoms with Crippen LogP contribution in [0.15, 0.2) is 24.3 Å². The molecule has 3 heteroatoms. The van der Waals surface area contributed by atoms with Crippen LogP contribution in [-0.2, 0) is 11.3 Å². The maximum atomic E-state index is 8.65. The lowest BCUT2D eigenvalue weighted by atomic mass is 10.1. The monoisotopic (exact) mass is 259 g/mol. The van der Waals surface area contributed by atoms with Crippen LogP contribution in [0.3, 0.4) is 0 Å². The van der Waals surface area contributed by atoms with Gasteiger partial charge in [0.25, 0.3) is 0 Å². The molecule has 1 N–H and O–H groups in total. The predicted octanol–water partition coefficient (Wildman–Crippen LogP) is 1.64. The van der Waals surface area contributed by atoms with Gasteiger partial charge in [0.15, 0.2) is 0 Å². The molecule has 0 aromatic heterocycles. The fourth-order valence-electron chi connectivity index (χ4n) is 2.38. The van der Waals surface area contributed by atoms with Crippen molar-refractivity contribution >= 4 is 0 Å². The number of ether oxygens (including phenoxy) is 1. The first kappa shape index (κ1) is 14.1. The number of rotatable bonds is 3. The molecule has 0 saturated carbocycles. The molecule has 0 amide bonds. The molecule has 0 spiro atoms. The van der Waals surface area contributed by atoms with Gasteiger partial charge in [-0.1, -0.05) is 24.0 Å². The van der Waals surface area contributed by atoms with Crippen LogP contribution in [0.5, 0.6) is 0 Å². The lowest BCUT2D eigenvalue weighted by Gasteiger charge is -2.31. The van der Waals surface area contributed by atoms with Crippen LogP contribution in [0.1, 0.15) is 24.0 Å². The minimum absolute atomic E-state index is 0.0890. The van der Waals surface area contributed by atoms with Crippen molar-refractivity contribution in [2.24, 2.45) is 0 Å². The summed E-state index contributed by atoms with van der Waals surface area (Å²) in [6, 6.07) is 8.86. The highest BCUT2D eigenvalue weighted by atomic mass is 16.5. The van der Waals surface area contributed by atoms with Crippen LogP contribution in [0.25, 0.3) is 0 Å². The van der Waals surface area contributed by atoms with Gasteiger partial charge >= 0.3 is 0 Å². The van der Waals surface area contributed by atoms with Crippen LogP contribution in [0.2, 0.25) is 0 Å². The normalized spacial score (nSPS) is 16.2. The zero-order chi connectivity index (χ0) is 13.5. The van der Waals surface area contributed by atoms with E-state index in [-0.39, 0.29) is 6.61 Å². The van der Waals surface area contributed by atoms with E-state index in [9.17, 15) is 0 Å². The summed E-state index contributed by atoms with van der Waals surface area (Å²) in [6.07, 6.45) is 2.24. The van der Waals surface area contributed by atoms with Crippen molar-refractivity contribution in [3.05, 3.63) is 35.4 Å². The number of aliphatic hydroxyl groups excluding tert-OH is 1. The van der Waals surface area contributed by atoms with E-state index >= 15 is 0 Å². The zero-order valence-corrected chi connectivity index (χ0v) is 11.4. The molecule has 0 atom stereocenters. The van der Waals surface area contributed by atoms with Gasteiger partial charge in [-0.2, -0.15) is 0 Å². The quantitative estimate of drug-likeness (QED) is 0.838. The number of aliphatic hydroxyl groups is 1. The molecule has 0 radical (unpaired) electrons. The Balaban J connectivity index is 1.91. The van der Waals surface area contributed by atoms with Gasteiger partial charge in [-0.25, -0.2) is 0 Å². The van der Waals surface area contributed by atoms with Crippen LogP contribution in [0, 0.1) is 11.8 Å². The molecule has 1 aliphatic heterocycles. The lowest BCUT2D eigenvalue weighted by Crippen LogP contribution is -2.36. The van der Waals surface area contributed by atoms with E-state index in [2.05, 4.69) is 35.9 Å². The predicted molar refractivity (Wildman–Crippen MR) is 75.7 cm³/mol. The number of hydrogen-bond donors (Lipinski definition) is 1. The Bertz CT molecular complexity index is 438. The summed E-state index contributed by atoms with van der Waals surface area (Å²) < 4.78 is 5.39. The second-order valence-electron chi connectivity index (χ2n) is 4.92. The lowest BCUT2D eigenvalue weighted by molar-refractivity contribution is 0.0407. The van der Waals surface area contributed by atoms with Crippen LogP contribution in [-0.4, -0.2) is 42.9 Å². The Morgan fingerprint density at radius 3 is 2.58 bits per heavy atom. The Morgan fingerprint density at radius 2 is 1.95 bits per heavy atom. The SMILES string of the molecule is CN(Cc1ccc(C#CCO)cc1)C1CCOCC1. The van der Waals surface area contributed by atoms with Gasteiger partial charge in [0.05, 0.1) is 0 Å². The molecule has 1 heterocycles. The number of benzene rings is 1. The summed E-state index contributed by atoms with van der Waals surface area (Å²) in [6.45, 7) is 2.63. The van der Waals surface area contributed by atoms with Crippen LogP contribution < -0.4 is 0 Å². The van der Waals surface area contributed by atoms with Crippen molar-refractivity contribution < 1.29 is 9.84 Å². The number of hydrogen-bond acceptors (Lipinski definition) is 3. The highest BCUT2D eigenvalue weighted by Gasteiger charge is 2.18. The molecule has 0 bridgehead atoms. The molecule has 19 heavy (non-hydrogen) atoms. The molecule has 1 saturated heterocycles.